The monoisotopic (exact) mass is 311 g/mol. The predicted molar refractivity (Wildman–Crippen MR) is 79.2 cm³/mol. The minimum Gasteiger partial charge on any atom is -0.382 e. The number of nitrogens with one attached hydrogen (secondary N) is 3. The zero-order valence-corrected chi connectivity index (χ0v) is 12.2. The molecule has 0 saturated heterocycles. The van der Waals surface area contributed by atoms with Crippen LogP contribution in [0.5, 0.6) is 0 Å². The molecule has 2 rings (SSSR count). The summed E-state index contributed by atoms with van der Waals surface area (Å²) in [5.41, 5.74) is 2.49. The first-order chi connectivity index (χ1) is 8.60. The second kappa shape index (κ2) is 5.61. The summed E-state index contributed by atoms with van der Waals surface area (Å²) in [6.45, 7) is 4.37. The number of benzene rings is 1. The van der Waals surface area contributed by atoms with Gasteiger partial charge in [-0.05, 0) is 41.4 Å². The lowest BCUT2D eigenvalue weighted by atomic mass is 10.1. The van der Waals surface area contributed by atoms with E-state index < -0.39 is 0 Å². The number of fused-ring (bicyclic) bond motifs is 1. The molecule has 0 spiro atoms. The van der Waals surface area contributed by atoms with Gasteiger partial charge in [-0.3, -0.25) is 0 Å². The molecule has 0 saturated carbocycles. The first-order valence-corrected chi connectivity index (χ1v) is 7.07. The molecule has 0 radical (unpaired) electrons. The van der Waals surface area contributed by atoms with Crippen molar-refractivity contribution >= 4 is 32.7 Å². The molecule has 2 aromatic rings. The highest BCUT2D eigenvalue weighted by molar-refractivity contribution is 9.10. The maximum absolute atomic E-state index is 11.2. The summed E-state index contributed by atoms with van der Waals surface area (Å²) >= 11 is 3.52. The number of H-pyrrole nitrogens is 2. The first kappa shape index (κ1) is 13.2. The van der Waals surface area contributed by atoms with Crippen LogP contribution in [-0.4, -0.2) is 16.0 Å². The standard InChI is InChI=1S/C13H18BrN3O/c1-3-4-5-8(2)15-10-7-12-11(6-9(10)14)16-13(18)17-12/h6-8,15H,3-5H2,1-2H3,(H2,16,17,18). The van der Waals surface area contributed by atoms with Crippen LogP contribution in [0.2, 0.25) is 0 Å². The van der Waals surface area contributed by atoms with E-state index in [2.05, 4.69) is 45.1 Å². The Morgan fingerprint density at radius 3 is 2.67 bits per heavy atom. The van der Waals surface area contributed by atoms with Crippen molar-refractivity contribution in [2.45, 2.75) is 39.2 Å². The molecule has 0 aliphatic rings. The molecule has 1 unspecified atom stereocenters. The fourth-order valence-electron chi connectivity index (χ4n) is 2.01. The van der Waals surface area contributed by atoms with E-state index in [-0.39, 0.29) is 5.69 Å². The number of rotatable bonds is 5. The summed E-state index contributed by atoms with van der Waals surface area (Å²) in [5, 5.41) is 3.46. The van der Waals surface area contributed by atoms with Crippen molar-refractivity contribution in [1.82, 2.24) is 9.97 Å². The van der Waals surface area contributed by atoms with Gasteiger partial charge in [-0.2, -0.15) is 0 Å². The first-order valence-electron chi connectivity index (χ1n) is 6.28. The van der Waals surface area contributed by atoms with Crippen molar-refractivity contribution in [2.75, 3.05) is 5.32 Å². The minimum absolute atomic E-state index is 0.173. The van der Waals surface area contributed by atoms with Crippen LogP contribution in [0.15, 0.2) is 21.4 Å². The Bertz CT molecular complexity index is 587. The van der Waals surface area contributed by atoms with Crippen LogP contribution >= 0.6 is 15.9 Å². The third-order valence-corrected chi connectivity index (χ3v) is 3.65. The molecule has 1 heterocycles. The molecular formula is C13H18BrN3O. The number of hydrogen-bond acceptors (Lipinski definition) is 2. The molecule has 4 nitrogen and oxygen atoms in total. The number of aromatic amines is 2. The Kier molecular flexibility index (Phi) is 4.11. The molecule has 18 heavy (non-hydrogen) atoms. The van der Waals surface area contributed by atoms with E-state index >= 15 is 0 Å². The lowest BCUT2D eigenvalue weighted by Gasteiger charge is -2.16. The highest BCUT2D eigenvalue weighted by atomic mass is 79.9. The van der Waals surface area contributed by atoms with Gasteiger partial charge in [0.25, 0.3) is 0 Å². The van der Waals surface area contributed by atoms with Gasteiger partial charge in [0.1, 0.15) is 0 Å². The average Bonchev–Trinajstić information content (AvgIpc) is 2.66. The van der Waals surface area contributed by atoms with E-state index in [4.69, 9.17) is 0 Å². The Morgan fingerprint density at radius 2 is 2.00 bits per heavy atom. The van der Waals surface area contributed by atoms with E-state index in [1.165, 1.54) is 12.8 Å². The van der Waals surface area contributed by atoms with Gasteiger partial charge in [0.2, 0.25) is 0 Å². The molecular weight excluding hydrogens is 294 g/mol. The SMILES string of the molecule is CCCCC(C)Nc1cc2[nH]c(=O)[nH]c2cc1Br. The zero-order chi connectivity index (χ0) is 13.1. The largest absolute Gasteiger partial charge is 0.382 e. The molecule has 3 N–H and O–H groups in total. The number of halogens is 1. The lowest BCUT2D eigenvalue weighted by molar-refractivity contribution is 0.645. The Balaban J connectivity index is 2.21. The van der Waals surface area contributed by atoms with Gasteiger partial charge in [-0.1, -0.05) is 19.8 Å². The van der Waals surface area contributed by atoms with Gasteiger partial charge in [0, 0.05) is 10.5 Å². The number of anilines is 1. The number of imidazole rings is 1. The molecule has 1 atom stereocenters. The van der Waals surface area contributed by atoms with Crippen molar-refractivity contribution in [3.05, 3.63) is 27.1 Å². The fourth-order valence-corrected chi connectivity index (χ4v) is 2.47. The second-order valence-corrected chi connectivity index (χ2v) is 5.50. The van der Waals surface area contributed by atoms with Crippen LogP contribution in [0.25, 0.3) is 11.0 Å². The molecule has 1 aromatic heterocycles. The van der Waals surface area contributed by atoms with Gasteiger partial charge in [-0.25, -0.2) is 4.79 Å². The van der Waals surface area contributed by atoms with Crippen LogP contribution in [0.3, 0.4) is 0 Å². The summed E-state index contributed by atoms with van der Waals surface area (Å²) < 4.78 is 0.966. The van der Waals surface area contributed by atoms with Crippen LogP contribution in [0.4, 0.5) is 5.69 Å². The minimum atomic E-state index is -0.173. The quantitative estimate of drug-likeness (QED) is 0.790. The van der Waals surface area contributed by atoms with Crippen LogP contribution in [-0.2, 0) is 0 Å². The van der Waals surface area contributed by atoms with Crippen molar-refractivity contribution in [3.63, 3.8) is 0 Å². The Labute approximate surface area is 114 Å². The van der Waals surface area contributed by atoms with Gasteiger partial charge in [0.15, 0.2) is 0 Å². The zero-order valence-electron chi connectivity index (χ0n) is 10.6. The van der Waals surface area contributed by atoms with E-state index in [1.807, 2.05) is 12.1 Å². The predicted octanol–water partition coefficient (Wildman–Crippen LogP) is 3.61. The summed E-state index contributed by atoms with van der Waals surface area (Å²) in [6, 6.07) is 4.30. The second-order valence-electron chi connectivity index (χ2n) is 4.64. The molecule has 0 fully saturated rings. The van der Waals surface area contributed by atoms with Crippen LogP contribution < -0.4 is 11.0 Å². The molecule has 0 bridgehead atoms. The lowest BCUT2D eigenvalue weighted by Crippen LogP contribution is -2.15. The topological polar surface area (TPSA) is 60.7 Å². The average molecular weight is 312 g/mol. The normalized spacial score (nSPS) is 12.8. The van der Waals surface area contributed by atoms with Crippen LogP contribution in [0.1, 0.15) is 33.1 Å². The van der Waals surface area contributed by atoms with Crippen molar-refractivity contribution in [1.29, 1.82) is 0 Å². The highest BCUT2D eigenvalue weighted by Crippen LogP contribution is 2.27. The van der Waals surface area contributed by atoms with Crippen molar-refractivity contribution < 1.29 is 0 Å². The summed E-state index contributed by atoms with van der Waals surface area (Å²) in [7, 11) is 0. The van der Waals surface area contributed by atoms with E-state index in [0.29, 0.717) is 6.04 Å². The summed E-state index contributed by atoms with van der Waals surface area (Å²) in [5.74, 6) is 0. The third-order valence-electron chi connectivity index (χ3n) is 3.00. The smallest absolute Gasteiger partial charge is 0.323 e. The van der Waals surface area contributed by atoms with E-state index in [1.54, 1.807) is 0 Å². The molecule has 0 amide bonds. The summed E-state index contributed by atoms with van der Waals surface area (Å²) in [6.07, 6.45) is 3.57. The van der Waals surface area contributed by atoms with E-state index in [9.17, 15) is 4.79 Å². The number of unbranched alkanes of at least 4 members (excludes halogenated alkanes) is 1. The van der Waals surface area contributed by atoms with Crippen molar-refractivity contribution in [2.24, 2.45) is 0 Å². The van der Waals surface area contributed by atoms with Crippen LogP contribution in [0, 0.1) is 0 Å². The molecule has 5 heteroatoms. The maximum Gasteiger partial charge on any atom is 0.323 e. The van der Waals surface area contributed by atoms with Gasteiger partial charge in [0.05, 0.1) is 16.7 Å². The van der Waals surface area contributed by atoms with Gasteiger partial charge in [-0.15, -0.1) is 0 Å². The molecule has 98 valence electrons. The summed E-state index contributed by atoms with van der Waals surface area (Å²) in [4.78, 5) is 16.7. The van der Waals surface area contributed by atoms with Gasteiger partial charge >= 0.3 is 5.69 Å². The van der Waals surface area contributed by atoms with E-state index in [0.717, 1.165) is 27.6 Å². The molecule has 1 aromatic carbocycles. The molecule has 0 aliphatic heterocycles. The molecule has 0 aliphatic carbocycles. The van der Waals surface area contributed by atoms with Gasteiger partial charge < -0.3 is 15.3 Å². The maximum atomic E-state index is 11.2. The van der Waals surface area contributed by atoms with Crippen molar-refractivity contribution in [3.8, 4) is 0 Å². The Hall–Kier alpha value is -1.23. The Morgan fingerprint density at radius 1 is 1.33 bits per heavy atom. The highest BCUT2D eigenvalue weighted by Gasteiger charge is 2.08. The third kappa shape index (κ3) is 2.96. The number of hydrogen-bond donors (Lipinski definition) is 3. The number of aromatic nitrogens is 2. The fraction of sp³-hybridized carbons (Fsp3) is 0.462.